The predicted octanol–water partition coefficient (Wildman–Crippen LogP) is 1.62. The van der Waals surface area contributed by atoms with Crippen LogP contribution in [0.25, 0.3) is 0 Å². The normalized spacial score (nSPS) is 24.1. The molecule has 1 unspecified atom stereocenters. The molecule has 19 heavy (non-hydrogen) atoms. The molecular weight excluding hydrogens is 269 g/mol. The van der Waals surface area contributed by atoms with Crippen LogP contribution in [-0.2, 0) is 14.5 Å². The summed E-state index contributed by atoms with van der Waals surface area (Å²) in [4.78, 5) is 15.3. The highest BCUT2D eigenvalue weighted by Crippen LogP contribution is 2.26. The monoisotopic (exact) mass is 283 g/mol. The number of rotatable bonds is 0. The summed E-state index contributed by atoms with van der Waals surface area (Å²) in [5.74, 6) is -0.360. The molecule has 1 aromatic rings. The van der Waals surface area contributed by atoms with Gasteiger partial charge in [-0.05, 0) is 39.0 Å². The second-order valence-corrected chi connectivity index (χ2v) is 7.06. The Morgan fingerprint density at radius 2 is 2.05 bits per heavy atom. The minimum Gasteiger partial charge on any atom is -0.324 e. The predicted molar refractivity (Wildman–Crippen MR) is 72.4 cm³/mol. The number of carbonyl (C=O) groups excluding carboxylic acids is 1. The van der Waals surface area contributed by atoms with Gasteiger partial charge in [0.05, 0.1) is 16.1 Å². The zero-order valence-corrected chi connectivity index (χ0v) is 11.6. The Kier molecular flexibility index (Phi) is 3.12. The molecule has 0 amide bonds. The maximum absolute atomic E-state index is 13.2. The van der Waals surface area contributed by atoms with Gasteiger partial charge in [-0.15, -0.1) is 0 Å². The molecule has 1 aromatic carbocycles. The summed E-state index contributed by atoms with van der Waals surface area (Å²) in [6.07, 6.45) is 0. The van der Waals surface area contributed by atoms with Crippen molar-refractivity contribution in [3.05, 3.63) is 24.0 Å². The van der Waals surface area contributed by atoms with Gasteiger partial charge in [-0.1, -0.05) is 0 Å². The van der Waals surface area contributed by atoms with E-state index in [1.807, 2.05) is 20.8 Å². The number of nitrogens with one attached hydrogen (secondary N) is 2. The summed E-state index contributed by atoms with van der Waals surface area (Å²) in [6, 6.07) is 3.69. The van der Waals surface area contributed by atoms with Crippen molar-refractivity contribution in [1.29, 1.82) is 0 Å². The first-order valence-electron chi connectivity index (χ1n) is 5.61. The molecule has 0 saturated carbocycles. The van der Waals surface area contributed by atoms with E-state index in [-0.39, 0.29) is 10.9 Å². The standard InChI is InChI=1S/C12H14FN3O2S/c1-12(2,3)15-11-14-9-5-4-8(13)6-10(9)19(18,7-17)16-11/h4-6H,1-3H3,(H2,14,15,16,18). The quantitative estimate of drug-likeness (QED) is 0.711. The Labute approximate surface area is 111 Å². The van der Waals surface area contributed by atoms with Gasteiger partial charge in [-0.25, -0.2) is 18.4 Å². The number of aliphatic imine (C=N–C) groups is 1. The third-order valence-electron chi connectivity index (χ3n) is 2.31. The molecule has 0 aromatic heterocycles. The van der Waals surface area contributed by atoms with E-state index >= 15 is 0 Å². The van der Waals surface area contributed by atoms with Gasteiger partial charge in [0.15, 0.2) is 9.71 Å². The molecule has 1 aliphatic heterocycles. The third-order valence-corrected chi connectivity index (χ3v) is 3.98. The average Bonchev–Trinajstić information content (AvgIpc) is 2.28. The molecule has 2 N–H and O–H groups in total. The first kappa shape index (κ1) is 13.6. The number of hydrogen-bond acceptors (Lipinski definition) is 3. The Morgan fingerprint density at radius 1 is 1.37 bits per heavy atom. The maximum Gasteiger partial charge on any atom is 0.211 e. The Bertz CT molecular complexity index is 693. The lowest BCUT2D eigenvalue weighted by Gasteiger charge is -2.25. The van der Waals surface area contributed by atoms with Gasteiger partial charge in [0, 0.05) is 0 Å². The number of benzene rings is 1. The summed E-state index contributed by atoms with van der Waals surface area (Å²) >= 11 is 0. The van der Waals surface area contributed by atoms with Gasteiger partial charge in [-0.3, -0.25) is 4.72 Å². The van der Waals surface area contributed by atoms with E-state index in [9.17, 15) is 13.4 Å². The minimum atomic E-state index is -3.32. The lowest BCUT2D eigenvalue weighted by Crippen LogP contribution is -2.42. The van der Waals surface area contributed by atoms with E-state index < -0.39 is 21.1 Å². The van der Waals surface area contributed by atoms with Crippen molar-refractivity contribution in [2.75, 3.05) is 5.32 Å². The highest BCUT2D eigenvalue weighted by atomic mass is 32.2. The maximum atomic E-state index is 13.2. The molecule has 1 heterocycles. The van der Waals surface area contributed by atoms with Crippen LogP contribution < -0.4 is 10.0 Å². The number of halogens is 1. The van der Waals surface area contributed by atoms with E-state index in [0.717, 1.165) is 6.07 Å². The van der Waals surface area contributed by atoms with Crippen molar-refractivity contribution in [3.8, 4) is 0 Å². The fourth-order valence-electron chi connectivity index (χ4n) is 1.63. The molecule has 102 valence electrons. The Hall–Kier alpha value is -1.85. The molecule has 7 heteroatoms. The van der Waals surface area contributed by atoms with E-state index in [0.29, 0.717) is 5.69 Å². The molecule has 1 aliphatic rings. The van der Waals surface area contributed by atoms with E-state index in [1.54, 1.807) is 0 Å². The van der Waals surface area contributed by atoms with Gasteiger partial charge in [0.25, 0.3) is 0 Å². The smallest absolute Gasteiger partial charge is 0.211 e. The van der Waals surface area contributed by atoms with Gasteiger partial charge >= 0.3 is 0 Å². The van der Waals surface area contributed by atoms with Crippen LogP contribution >= 0.6 is 0 Å². The summed E-state index contributed by atoms with van der Waals surface area (Å²) < 4.78 is 28.1. The number of fused-ring (bicyclic) bond motifs is 1. The summed E-state index contributed by atoms with van der Waals surface area (Å²) in [5.41, 5.74) is -0.0349. The van der Waals surface area contributed by atoms with E-state index in [2.05, 4.69) is 15.0 Å². The third kappa shape index (κ3) is 2.77. The van der Waals surface area contributed by atoms with Crippen molar-refractivity contribution in [2.45, 2.75) is 31.2 Å². The molecular formula is C12H14FN3O2S. The zero-order chi connectivity index (χ0) is 14.3. The molecule has 0 fully saturated rings. The van der Waals surface area contributed by atoms with Crippen LogP contribution in [0.3, 0.4) is 0 Å². The van der Waals surface area contributed by atoms with Crippen molar-refractivity contribution in [3.63, 3.8) is 0 Å². The largest absolute Gasteiger partial charge is 0.324 e. The van der Waals surface area contributed by atoms with Crippen LogP contribution in [-0.4, -0.2) is 20.9 Å². The van der Waals surface area contributed by atoms with Crippen molar-refractivity contribution in [2.24, 2.45) is 4.99 Å². The lowest BCUT2D eigenvalue weighted by molar-refractivity contribution is 0.568. The molecule has 1 atom stereocenters. The Balaban J connectivity index is 2.62. The van der Waals surface area contributed by atoms with E-state index in [4.69, 9.17) is 0 Å². The van der Waals surface area contributed by atoms with Gasteiger partial charge in [0.2, 0.25) is 11.2 Å². The fraction of sp³-hybridized carbons (Fsp3) is 0.333. The van der Waals surface area contributed by atoms with Crippen molar-refractivity contribution >= 4 is 26.6 Å². The summed E-state index contributed by atoms with van der Waals surface area (Å²) in [6.45, 7) is 5.57. The number of guanidine groups is 1. The average molecular weight is 283 g/mol. The van der Waals surface area contributed by atoms with Crippen molar-refractivity contribution < 1.29 is 13.4 Å². The number of hydrogen-bond donors (Lipinski definition) is 2. The molecule has 0 bridgehead atoms. The van der Waals surface area contributed by atoms with Crippen LogP contribution in [0.1, 0.15) is 20.8 Å². The SMILES string of the molecule is CC(C)(C)N=C1Nc2ccc(F)cc2S(=O)(=C=O)N1. The lowest BCUT2D eigenvalue weighted by atomic mass is 10.1. The summed E-state index contributed by atoms with van der Waals surface area (Å²) in [5, 5.41) is 4.34. The second-order valence-electron chi connectivity index (χ2n) is 5.14. The van der Waals surface area contributed by atoms with Crippen LogP contribution in [0.2, 0.25) is 0 Å². The number of anilines is 1. The fourth-order valence-corrected chi connectivity index (χ4v) is 2.95. The zero-order valence-electron chi connectivity index (χ0n) is 10.8. The Morgan fingerprint density at radius 3 is 2.63 bits per heavy atom. The van der Waals surface area contributed by atoms with Gasteiger partial charge < -0.3 is 5.32 Å². The first-order chi connectivity index (χ1) is 8.73. The van der Waals surface area contributed by atoms with Crippen LogP contribution in [0.5, 0.6) is 0 Å². The highest BCUT2D eigenvalue weighted by molar-refractivity contribution is 7.99. The second kappa shape index (κ2) is 4.36. The van der Waals surface area contributed by atoms with Crippen molar-refractivity contribution in [1.82, 2.24) is 4.72 Å². The summed E-state index contributed by atoms with van der Waals surface area (Å²) in [7, 11) is -3.32. The first-order valence-corrected chi connectivity index (χ1v) is 7.17. The molecule has 5 nitrogen and oxygen atoms in total. The molecule has 0 saturated heterocycles. The topological polar surface area (TPSA) is 70.6 Å². The van der Waals surface area contributed by atoms with E-state index in [1.165, 1.54) is 17.4 Å². The van der Waals surface area contributed by atoms with Gasteiger partial charge in [0.1, 0.15) is 5.82 Å². The number of nitrogens with zero attached hydrogens (tertiary/aromatic N) is 1. The molecule has 0 aliphatic carbocycles. The van der Waals surface area contributed by atoms with Crippen LogP contribution in [0, 0.1) is 5.82 Å². The molecule has 2 rings (SSSR count). The van der Waals surface area contributed by atoms with Gasteiger partial charge in [-0.2, -0.15) is 0 Å². The van der Waals surface area contributed by atoms with Crippen LogP contribution in [0.15, 0.2) is 28.1 Å². The molecule has 0 spiro atoms. The minimum absolute atomic E-state index is 0.0513. The van der Waals surface area contributed by atoms with Crippen LogP contribution in [0.4, 0.5) is 10.1 Å². The molecule has 0 radical (unpaired) electrons. The highest BCUT2D eigenvalue weighted by Gasteiger charge is 2.26.